The van der Waals surface area contributed by atoms with Gasteiger partial charge in [-0.25, -0.2) is 9.97 Å². The molecule has 2 aliphatic rings. The molecule has 0 atom stereocenters. The van der Waals surface area contributed by atoms with E-state index in [1.54, 1.807) is 0 Å². The van der Waals surface area contributed by atoms with E-state index < -0.39 is 0 Å². The van der Waals surface area contributed by atoms with Crippen LogP contribution >= 0.6 is 0 Å². The van der Waals surface area contributed by atoms with Crippen LogP contribution in [0.5, 0.6) is 0 Å². The van der Waals surface area contributed by atoms with Crippen molar-refractivity contribution in [3.8, 4) is 44.5 Å². The number of rotatable bonds is 4. The van der Waals surface area contributed by atoms with E-state index in [2.05, 4.69) is 0 Å². The molecule has 0 aliphatic carbocycles. The Labute approximate surface area is 288 Å². The molecule has 0 saturated heterocycles. The lowest BCUT2D eigenvalue weighted by molar-refractivity contribution is 0.212. The van der Waals surface area contributed by atoms with Crippen LogP contribution in [-0.4, -0.2) is 29.8 Å². The van der Waals surface area contributed by atoms with E-state index in [-0.39, 0.29) is 0 Å². The van der Waals surface area contributed by atoms with Gasteiger partial charge < -0.3 is 10.4 Å². The predicted octanol–water partition coefficient (Wildman–Crippen LogP) is 10.7. The molecule has 0 fully saturated rings. The summed E-state index contributed by atoms with van der Waals surface area (Å²) in [4.78, 5) is 10.4. The summed E-state index contributed by atoms with van der Waals surface area (Å²) in [6.07, 6.45) is 7.91. The molecule has 7 aromatic rings. The Balaban J connectivity index is 1.53. The van der Waals surface area contributed by atoms with Crippen LogP contribution in [0.15, 0.2) is 146 Å². The highest BCUT2D eigenvalue weighted by Crippen LogP contribution is 2.39. The molecule has 0 amide bonds. The van der Waals surface area contributed by atoms with Crippen LogP contribution in [0.4, 0.5) is 0 Å². The molecule has 6 nitrogen and oxygen atoms in total. The fraction of sp³-hybridized carbons (Fsp3) is 0. The van der Waals surface area contributed by atoms with E-state index in [0.717, 1.165) is 44.5 Å². The Hall–Kier alpha value is -6.92. The minimum absolute atomic E-state index is 0.591. The second kappa shape index (κ2) is 12.0. The molecule has 8 bridgehead atoms. The van der Waals surface area contributed by atoms with Gasteiger partial charge in [-0.05, 0) is 70.8 Å². The first-order chi connectivity index (χ1) is 24.7. The van der Waals surface area contributed by atoms with E-state index in [1.807, 2.05) is 170 Å². The van der Waals surface area contributed by atoms with Crippen LogP contribution in [0.3, 0.4) is 0 Å². The fourth-order valence-corrected chi connectivity index (χ4v) is 7.02. The molecular weight excluding hydrogens is 617 g/mol. The van der Waals surface area contributed by atoms with Crippen LogP contribution in [0, 0.1) is 0 Å². The molecule has 0 spiro atoms. The summed E-state index contributed by atoms with van der Waals surface area (Å²) in [5, 5.41) is 24.3. The number of nitrogens with zero attached hydrogens (tertiary/aromatic N) is 4. The molecule has 0 unspecified atom stereocenters. The molecule has 4 aromatic carbocycles. The van der Waals surface area contributed by atoms with Gasteiger partial charge in [0.05, 0.1) is 44.8 Å². The minimum atomic E-state index is 0.591. The Kier molecular flexibility index (Phi) is 6.99. The first-order valence-electron chi connectivity index (χ1n) is 16.5. The Morgan fingerprint density at radius 2 is 0.520 bits per heavy atom. The number of hydrogen-bond donors (Lipinski definition) is 2. The van der Waals surface area contributed by atoms with E-state index in [9.17, 15) is 10.4 Å². The van der Waals surface area contributed by atoms with Gasteiger partial charge in [0.25, 0.3) is 0 Å². The highest BCUT2D eigenvalue weighted by molar-refractivity contribution is 6.00. The maximum absolute atomic E-state index is 12.1. The maximum Gasteiger partial charge on any atom is 0.0900 e. The molecule has 2 aliphatic heterocycles. The predicted molar refractivity (Wildman–Crippen MR) is 202 cm³/mol. The second-order valence-electron chi connectivity index (χ2n) is 12.2. The van der Waals surface area contributed by atoms with Gasteiger partial charge in [-0.3, -0.25) is 0 Å². The van der Waals surface area contributed by atoms with Gasteiger partial charge in [-0.15, -0.1) is 0 Å². The largest absolute Gasteiger partial charge is 0.428 e. The van der Waals surface area contributed by atoms with Gasteiger partial charge >= 0.3 is 0 Å². The van der Waals surface area contributed by atoms with Crippen molar-refractivity contribution >= 4 is 46.4 Å². The monoisotopic (exact) mass is 646 g/mol. The van der Waals surface area contributed by atoms with E-state index in [4.69, 9.17) is 9.97 Å². The van der Waals surface area contributed by atoms with E-state index >= 15 is 0 Å². The van der Waals surface area contributed by atoms with Crippen LogP contribution in [0.1, 0.15) is 22.8 Å². The molecule has 9 rings (SSSR count). The van der Waals surface area contributed by atoms with Gasteiger partial charge in [-0.2, -0.15) is 9.46 Å². The molecular formula is C44H30N4O2. The summed E-state index contributed by atoms with van der Waals surface area (Å²) in [7, 11) is 0. The third-order valence-electron chi connectivity index (χ3n) is 9.29. The Morgan fingerprint density at radius 1 is 0.300 bits per heavy atom. The summed E-state index contributed by atoms with van der Waals surface area (Å²) in [5.74, 6) is 0. The summed E-state index contributed by atoms with van der Waals surface area (Å²) in [6.45, 7) is 0. The number of fused-ring (bicyclic) bond motifs is 8. The smallest absolute Gasteiger partial charge is 0.0900 e. The van der Waals surface area contributed by atoms with Crippen molar-refractivity contribution in [2.45, 2.75) is 0 Å². The lowest BCUT2D eigenvalue weighted by Crippen LogP contribution is -1.97. The van der Waals surface area contributed by atoms with E-state index in [0.29, 0.717) is 44.8 Å². The molecule has 6 heteroatoms. The first-order valence-corrected chi connectivity index (χ1v) is 16.5. The van der Waals surface area contributed by atoms with Crippen molar-refractivity contribution in [3.05, 3.63) is 168 Å². The highest BCUT2D eigenvalue weighted by Gasteiger charge is 2.21. The lowest BCUT2D eigenvalue weighted by atomic mass is 10.0. The number of aromatic nitrogens is 4. The molecule has 5 heterocycles. The van der Waals surface area contributed by atoms with Gasteiger partial charge in [-0.1, -0.05) is 121 Å². The van der Waals surface area contributed by atoms with Crippen LogP contribution < -0.4 is 0 Å². The zero-order chi connectivity index (χ0) is 33.6. The van der Waals surface area contributed by atoms with Crippen molar-refractivity contribution in [1.29, 1.82) is 0 Å². The third kappa shape index (κ3) is 4.81. The zero-order valence-corrected chi connectivity index (χ0v) is 26.8. The molecule has 0 radical (unpaired) electrons. The van der Waals surface area contributed by atoms with Crippen molar-refractivity contribution in [1.82, 2.24) is 19.4 Å². The Morgan fingerprint density at radius 3 is 0.740 bits per heavy atom. The van der Waals surface area contributed by atoms with Gasteiger partial charge in [0.2, 0.25) is 0 Å². The van der Waals surface area contributed by atoms with Crippen LogP contribution in [0.2, 0.25) is 0 Å². The number of benzene rings is 4. The summed E-state index contributed by atoms with van der Waals surface area (Å²) < 4.78 is 2.51. The van der Waals surface area contributed by atoms with Crippen molar-refractivity contribution in [3.63, 3.8) is 0 Å². The first kappa shape index (κ1) is 29.2. The maximum atomic E-state index is 12.1. The van der Waals surface area contributed by atoms with Crippen molar-refractivity contribution in [2.24, 2.45) is 0 Å². The molecule has 0 saturated carbocycles. The molecule has 50 heavy (non-hydrogen) atoms. The second-order valence-corrected chi connectivity index (χ2v) is 12.2. The topological polar surface area (TPSA) is 76.1 Å². The molecule has 2 N–H and O–H groups in total. The summed E-state index contributed by atoms with van der Waals surface area (Å²) >= 11 is 0. The van der Waals surface area contributed by atoms with E-state index in [1.165, 1.54) is 9.46 Å². The van der Waals surface area contributed by atoms with Crippen LogP contribution in [0.25, 0.3) is 90.9 Å². The molecule has 238 valence electrons. The van der Waals surface area contributed by atoms with Crippen molar-refractivity contribution < 1.29 is 10.4 Å². The quantitative estimate of drug-likeness (QED) is 0.187. The average molecular weight is 647 g/mol. The normalized spacial score (nSPS) is 12.0. The minimum Gasteiger partial charge on any atom is -0.428 e. The summed E-state index contributed by atoms with van der Waals surface area (Å²) in [5.41, 5.74) is 11.8. The number of hydrogen-bond acceptors (Lipinski definition) is 4. The third-order valence-corrected chi connectivity index (χ3v) is 9.29. The highest BCUT2D eigenvalue weighted by atomic mass is 16.5. The van der Waals surface area contributed by atoms with Gasteiger partial charge in [0.15, 0.2) is 0 Å². The average Bonchev–Trinajstić information content (AvgIpc) is 3.98. The van der Waals surface area contributed by atoms with Crippen molar-refractivity contribution in [2.75, 3.05) is 0 Å². The fourth-order valence-electron chi connectivity index (χ4n) is 7.02. The van der Waals surface area contributed by atoms with Gasteiger partial charge in [0, 0.05) is 22.3 Å². The molecule has 3 aromatic heterocycles. The summed E-state index contributed by atoms with van der Waals surface area (Å²) in [6, 6.07) is 47.7. The van der Waals surface area contributed by atoms with Crippen LogP contribution in [-0.2, 0) is 0 Å². The zero-order valence-electron chi connectivity index (χ0n) is 26.8. The lowest BCUT2D eigenvalue weighted by Gasteiger charge is -2.10. The van der Waals surface area contributed by atoms with Gasteiger partial charge in [0.1, 0.15) is 0 Å². The SMILES string of the molecule is On1c2ccc1c(-c1ccccc1)c1nc(c(-c3ccccc3)c3ccc(c(-c4ccccc4)c4nc(c2-c2ccccc2)C=C4)n3O)C=C1. The Bertz CT molecular complexity index is 2280. The standard InChI is InChI=1S/C44H30N4O2/c49-47-37-25-26-38(47)43(31-17-9-3-10-18-31)35-23-24-36(46-35)44(32-19-11-4-12-20-32)40-28-27-39(48(40)50)42(30-15-7-2-8-16-30)34-22-21-33(45-34)41(37)29-13-5-1-6-14-29/h1-28,49-50H.